The number of nitrogens with zero attached hydrogens (tertiary/aromatic N) is 1. The normalized spacial score (nSPS) is 21.7. The van der Waals surface area contributed by atoms with Crippen LogP contribution >= 0.6 is 12.2 Å². The molecule has 0 fully saturated rings. The lowest BCUT2D eigenvalue weighted by molar-refractivity contribution is -0.124. The maximum absolute atomic E-state index is 14.2. The number of likely N-dealkylation sites (N-methyl/N-ethyl adjacent to an activating group) is 1. The number of thiocarbonyl (C=S) groups is 1. The van der Waals surface area contributed by atoms with Gasteiger partial charge in [-0.1, -0.05) is 72.4 Å². The number of carbonyl (C=O) groups is 1. The summed E-state index contributed by atoms with van der Waals surface area (Å²) in [4.78, 5) is 20.0. The molecule has 5 heteroatoms. The van der Waals surface area contributed by atoms with Gasteiger partial charge in [0.25, 0.3) is 5.91 Å². The number of amides is 1. The summed E-state index contributed by atoms with van der Waals surface area (Å²) >= 11 is 5.89. The van der Waals surface area contributed by atoms with Gasteiger partial charge in [-0.05, 0) is 42.7 Å². The molecule has 0 saturated carbocycles. The second kappa shape index (κ2) is 6.53. The molecule has 32 heavy (non-hydrogen) atoms. The second-order valence-corrected chi connectivity index (χ2v) is 9.30. The van der Waals surface area contributed by atoms with Crippen LogP contribution in [0.25, 0.3) is 10.9 Å². The molecular weight excluding hydrogens is 414 g/mol. The molecule has 2 aliphatic rings. The van der Waals surface area contributed by atoms with Gasteiger partial charge < -0.3 is 15.2 Å². The molecular formula is C27H23N3OS. The first kappa shape index (κ1) is 19.3. The molecule has 4 nitrogen and oxygen atoms in total. The van der Waals surface area contributed by atoms with Crippen molar-refractivity contribution in [3.8, 4) is 0 Å². The summed E-state index contributed by atoms with van der Waals surface area (Å²) < 4.78 is 0. The van der Waals surface area contributed by atoms with E-state index < -0.39 is 5.54 Å². The highest BCUT2D eigenvalue weighted by Crippen LogP contribution is 2.55. The van der Waals surface area contributed by atoms with Gasteiger partial charge in [-0.25, -0.2) is 0 Å². The minimum atomic E-state index is -1.00. The number of hydrogen-bond donors (Lipinski definition) is 2. The van der Waals surface area contributed by atoms with Crippen LogP contribution in [0.1, 0.15) is 39.4 Å². The quantitative estimate of drug-likeness (QED) is 0.409. The Bertz CT molecular complexity index is 1450. The second-order valence-electron chi connectivity index (χ2n) is 8.90. The summed E-state index contributed by atoms with van der Waals surface area (Å²) in [5, 5.41) is 4.66. The van der Waals surface area contributed by atoms with Crippen LogP contribution in [0.15, 0.2) is 66.7 Å². The van der Waals surface area contributed by atoms with Crippen LogP contribution in [-0.4, -0.2) is 22.9 Å². The highest BCUT2D eigenvalue weighted by Gasteiger charge is 2.59. The van der Waals surface area contributed by atoms with Crippen LogP contribution in [0, 0.1) is 13.8 Å². The van der Waals surface area contributed by atoms with Gasteiger partial charge in [-0.3, -0.25) is 4.79 Å². The van der Waals surface area contributed by atoms with Crippen molar-refractivity contribution in [1.82, 2.24) is 10.3 Å². The Hall–Kier alpha value is -3.44. The van der Waals surface area contributed by atoms with E-state index in [1.54, 1.807) is 4.90 Å². The third kappa shape index (κ3) is 2.32. The lowest BCUT2D eigenvalue weighted by Gasteiger charge is -2.43. The molecule has 6 rings (SSSR count). The van der Waals surface area contributed by atoms with Gasteiger partial charge in [-0.15, -0.1) is 0 Å². The highest BCUT2D eigenvalue weighted by molar-refractivity contribution is 7.80. The number of nitrogens with one attached hydrogen (secondary N) is 2. The number of rotatable bonds is 1. The first-order valence-corrected chi connectivity index (χ1v) is 11.2. The van der Waals surface area contributed by atoms with Crippen molar-refractivity contribution >= 4 is 39.7 Å². The summed E-state index contributed by atoms with van der Waals surface area (Å²) in [6.45, 7) is 4.18. The van der Waals surface area contributed by atoms with Crippen molar-refractivity contribution < 1.29 is 4.79 Å². The minimum Gasteiger partial charge on any atom is -0.356 e. The van der Waals surface area contributed by atoms with E-state index in [-0.39, 0.29) is 11.8 Å². The Labute approximate surface area is 192 Å². The van der Waals surface area contributed by atoms with E-state index in [1.165, 1.54) is 0 Å². The smallest absolute Gasteiger partial charge is 0.258 e. The zero-order chi connectivity index (χ0) is 22.2. The Morgan fingerprint density at radius 3 is 2.56 bits per heavy atom. The molecule has 3 aromatic carbocycles. The van der Waals surface area contributed by atoms with Crippen LogP contribution in [0.2, 0.25) is 0 Å². The number of aryl methyl sites for hydroxylation is 2. The van der Waals surface area contributed by atoms with Crippen LogP contribution < -0.4 is 10.2 Å². The Kier molecular flexibility index (Phi) is 3.93. The SMILES string of the molecule is Cc1ccc2c(c1)C1(NC(=S)c3[nH]c4ccccc4c3C1c1ccccc1C)C(=O)N2C. The van der Waals surface area contributed by atoms with Gasteiger partial charge in [-0.2, -0.15) is 0 Å². The average molecular weight is 438 g/mol. The van der Waals surface area contributed by atoms with Crippen molar-refractivity contribution in [2.45, 2.75) is 25.3 Å². The summed E-state index contributed by atoms with van der Waals surface area (Å²) in [6.07, 6.45) is 0. The van der Waals surface area contributed by atoms with Crippen molar-refractivity contribution in [3.05, 3.63) is 100 Å². The fourth-order valence-corrected chi connectivity index (χ4v) is 5.94. The molecule has 4 aromatic rings. The monoisotopic (exact) mass is 437 g/mol. The van der Waals surface area contributed by atoms with Crippen LogP contribution in [0.3, 0.4) is 0 Å². The van der Waals surface area contributed by atoms with Gasteiger partial charge in [0.05, 0.1) is 5.69 Å². The molecule has 1 spiro atoms. The summed E-state index contributed by atoms with van der Waals surface area (Å²) in [5.74, 6) is -0.218. The standard InChI is InChI=1S/C27H23N3OS/c1-15-12-13-21-19(14-15)27(26(31)30(21)3)23(17-9-5-4-8-16(17)2)22-18-10-6-7-11-20(18)28-24(22)25(32)29-27/h4-14,23,28H,1-3H3,(H,29,32). The molecule has 1 aromatic heterocycles. The van der Waals surface area contributed by atoms with E-state index in [2.05, 4.69) is 66.6 Å². The van der Waals surface area contributed by atoms with E-state index in [9.17, 15) is 4.79 Å². The average Bonchev–Trinajstić information content (AvgIpc) is 3.26. The third-order valence-corrected chi connectivity index (χ3v) is 7.39. The van der Waals surface area contributed by atoms with E-state index in [0.717, 1.165) is 50.1 Å². The first-order chi connectivity index (χ1) is 15.4. The molecule has 2 N–H and O–H groups in total. The first-order valence-electron chi connectivity index (χ1n) is 10.8. The maximum Gasteiger partial charge on any atom is 0.258 e. The number of aromatic nitrogens is 1. The Morgan fingerprint density at radius 1 is 1.00 bits per heavy atom. The molecule has 158 valence electrons. The van der Waals surface area contributed by atoms with Crippen LogP contribution in [0.4, 0.5) is 5.69 Å². The number of H-pyrrole nitrogens is 1. The topological polar surface area (TPSA) is 48.1 Å². The van der Waals surface area contributed by atoms with Crippen molar-refractivity contribution in [2.24, 2.45) is 0 Å². The van der Waals surface area contributed by atoms with Gasteiger partial charge >= 0.3 is 0 Å². The molecule has 2 unspecified atom stereocenters. The Morgan fingerprint density at radius 2 is 1.75 bits per heavy atom. The largest absolute Gasteiger partial charge is 0.356 e. The lowest BCUT2D eigenvalue weighted by Crippen LogP contribution is -2.59. The molecule has 2 aliphatic heterocycles. The summed E-state index contributed by atoms with van der Waals surface area (Å²) in [6, 6.07) is 22.9. The van der Waals surface area contributed by atoms with Crippen LogP contribution in [-0.2, 0) is 10.3 Å². The Balaban J connectivity index is 1.78. The number of hydrogen-bond acceptors (Lipinski definition) is 2. The van der Waals surface area contributed by atoms with Gasteiger partial charge in [0.2, 0.25) is 0 Å². The molecule has 3 heterocycles. The lowest BCUT2D eigenvalue weighted by atomic mass is 9.67. The predicted molar refractivity (Wildman–Crippen MR) is 132 cm³/mol. The number of carbonyl (C=O) groups excluding carboxylic acids is 1. The van der Waals surface area contributed by atoms with Gasteiger partial charge in [0.1, 0.15) is 4.99 Å². The van der Waals surface area contributed by atoms with E-state index in [1.807, 2.05) is 31.3 Å². The van der Waals surface area contributed by atoms with E-state index in [0.29, 0.717) is 4.99 Å². The van der Waals surface area contributed by atoms with Crippen LogP contribution in [0.5, 0.6) is 0 Å². The molecule has 0 saturated heterocycles. The van der Waals surface area contributed by atoms with E-state index in [4.69, 9.17) is 12.2 Å². The zero-order valence-corrected chi connectivity index (χ0v) is 19.0. The molecule has 1 amide bonds. The third-order valence-electron chi connectivity index (χ3n) is 7.09. The number of para-hydroxylation sites is 1. The number of fused-ring (bicyclic) bond motifs is 5. The highest BCUT2D eigenvalue weighted by atomic mass is 32.1. The minimum absolute atomic E-state index is 0.0182. The summed E-state index contributed by atoms with van der Waals surface area (Å²) in [5.41, 5.74) is 7.33. The van der Waals surface area contributed by atoms with Gasteiger partial charge in [0, 0.05) is 35.1 Å². The molecule has 0 bridgehead atoms. The van der Waals surface area contributed by atoms with E-state index >= 15 is 0 Å². The number of aromatic amines is 1. The van der Waals surface area contributed by atoms with Crippen molar-refractivity contribution in [1.29, 1.82) is 0 Å². The molecule has 2 atom stereocenters. The van der Waals surface area contributed by atoms with Crippen molar-refractivity contribution in [2.75, 3.05) is 11.9 Å². The number of anilines is 1. The molecule has 0 radical (unpaired) electrons. The fraction of sp³-hybridized carbons (Fsp3) is 0.185. The predicted octanol–water partition coefficient (Wildman–Crippen LogP) is 5.07. The summed E-state index contributed by atoms with van der Waals surface area (Å²) in [7, 11) is 1.86. The number of benzene rings is 3. The molecule has 0 aliphatic carbocycles. The zero-order valence-electron chi connectivity index (χ0n) is 18.2. The maximum atomic E-state index is 14.2. The van der Waals surface area contributed by atoms with Crippen molar-refractivity contribution in [3.63, 3.8) is 0 Å². The van der Waals surface area contributed by atoms with Gasteiger partial charge in [0.15, 0.2) is 5.54 Å². The fourth-order valence-electron chi connectivity index (χ4n) is 5.62.